The van der Waals surface area contributed by atoms with Gasteiger partial charge in [0.25, 0.3) is 0 Å². The summed E-state index contributed by atoms with van der Waals surface area (Å²) >= 11 is 17.4. The normalized spacial score (nSPS) is 15.6. The van der Waals surface area contributed by atoms with Gasteiger partial charge in [-0.15, -0.1) is 34.8 Å². The van der Waals surface area contributed by atoms with E-state index in [1.165, 1.54) is 5.92 Å². The first-order valence-corrected chi connectivity index (χ1v) is 7.13. The van der Waals surface area contributed by atoms with Gasteiger partial charge in [-0.25, -0.2) is 0 Å². The Morgan fingerprint density at radius 2 is 1.60 bits per heavy atom. The highest BCUT2D eigenvalue weighted by Gasteiger charge is 2.23. The zero-order chi connectivity index (χ0) is 11.7. The van der Waals surface area contributed by atoms with E-state index in [9.17, 15) is 0 Å². The lowest BCUT2D eigenvalue weighted by Crippen LogP contribution is -2.20. The van der Waals surface area contributed by atoms with E-state index in [1.807, 2.05) is 0 Å². The van der Waals surface area contributed by atoms with Crippen LogP contribution in [0.4, 0.5) is 0 Å². The summed E-state index contributed by atoms with van der Waals surface area (Å²) in [7, 11) is 0. The fourth-order valence-corrected chi connectivity index (χ4v) is 2.71. The van der Waals surface area contributed by atoms with Crippen LogP contribution in [0.15, 0.2) is 0 Å². The molecule has 0 aliphatic rings. The zero-order valence-corrected chi connectivity index (χ0v) is 11.7. The molecule has 0 saturated carbocycles. The Morgan fingerprint density at radius 1 is 1.07 bits per heavy atom. The number of hydrogen-bond acceptors (Lipinski definition) is 0. The molecule has 0 aliphatic carbocycles. The molecule has 15 heavy (non-hydrogen) atoms. The van der Waals surface area contributed by atoms with E-state index in [2.05, 4.69) is 13.8 Å². The zero-order valence-electron chi connectivity index (χ0n) is 9.45. The van der Waals surface area contributed by atoms with Crippen molar-refractivity contribution in [2.24, 2.45) is 11.8 Å². The van der Waals surface area contributed by atoms with Crippen LogP contribution in [-0.2, 0) is 0 Å². The molecule has 0 amide bonds. The predicted octanol–water partition coefficient (Wildman–Crippen LogP) is 4.92. The predicted molar refractivity (Wildman–Crippen MR) is 71.9 cm³/mol. The molecule has 0 aromatic carbocycles. The summed E-state index contributed by atoms with van der Waals surface area (Å²) < 4.78 is 0. The molecule has 2 radical (unpaired) electrons. The molecule has 0 nitrogen and oxygen atoms in total. The summed E-state index contributed by atoms with van der Waals surface area (Å²) in [5.41, 5.74) is 0. The van der Waals surface area contributed by atoms with Crippen molar-refractivity contribution in [2.75, 3.05) is 17.6 Å². The van der Waals surface area contributed by atoms with Crippen LogP contribution in [0.1, 0.15) is 32.6 Å². The maximum atomic E-state index is 5.80. The minimum Gasteiger partial charge on any atom is -0.127 e. The van der Waals surface area contributed by atoms with Gasteiger partial charge in [-0.1, -0.05) is 20.3 Å². The van der Waals surface area contributed by atoms with Crippen molar-refractivity contribution >= 4 is 34.8 Å². The molecule has 0 fully saturated rings. The molecule has 0 aliphatic heterocycles. The summed E-state index contributed by atoms with van der Waals surface area (Å²) in [6, 6.07) is 0. The van der Waals surface area contributed by atoms with Gasteiger partial charge < -0.3 is 0 Å². The topological polar surface area (TPSA) is 0 Å². The van der Waals surface area contributed by atoms with E-state index in [0.29, 0.717) is 29.5 Å². The molecule has 0 heterocycles. The van der Waals surface area contributed by atoms with E-state index in [1.54, 1.807) is 0 Å². The Balaban J connectivity index is 4.22. The van der Waals surface area contributed by atoms with E-state index < -0.39 is 0 Å². The molecular weight excluding hydrogens is 250 g/mol. The highest BCUT2D eigenvalue weighted by atomic mass is 35.5. The average Bonchev–Trinajstić information content (AvgIpc) is 2.24. The Hall–Kier alpha value is 0.870. The Morgan fingerprint density at radius 3 is 1.93 bits per heavy atom. The fourth-order valence-electron chi connectivity index (χ4n) is 1.94. The molecule has 0 rings (SSSR count). The minimum absolute atomic E-state index is 0.541. The molecular formula is C12H21Cl3. The maximum absolute atomic E-state index is 5.80. The first-order valence-electron chi connectivity index (χ1n) is 5.52. The van der Waals surface area contributed by atoms with Crippen molar-refractivity contribution in [3.63, 3.8) is 0 Å². The molecule has 0 N–H and O–H groups in total. The quantitative estimate of drug-likeness (QED) is 0.522. The number of halogens is 3. The van der Waals surface area contributed by atoms with E-state index >= 15 is 0 Å². The summed E-state index contributed by atoms with van der Waals surface area (Å²) in [5.74, 6) is 4.66. The number of rotatable bonds is 9. The molecule has 0 aromatic rings. The van der Waals surface area contributed by atoms with Gasteiger partial charge in [0, 0.05) is 17.6 Å². The van der Waals surface area contributed by atoms with Gasteiger partial charge >= 0.3 is 0 Å². The maximum Gasteiger partial charge on any atom is 0.0229 e. The SMILES string of the molecule is [CH2]CC(CCCl)C(C)[C](CCCl)CCCl. The molecule has 3 heteroatoms. The molecule has 90 valence electrons. The fraction of sp³-hybridized carbons (Fsp3) is 0.833. The Bertz CT molecular complexity index is 133. The Labute approximate surface area is 110 Å². The number of alkyl halides is 3. The standard InChI is InChI=1S/C12H21Cl3/c1-3-11(4-7-13)10(2)12(5-8-14)6-9-15/h10-11H,1,3-9H2,2H3. The van der Waals surface area contributed by atoms with Crippen LogP contribution < -0.4 is 0 Å². The second kappa shape index (κ2) is 10.1. The van der Waals surface area contributed by atoms with Gasteiger partial charge in [-0.05, 0) is 37.0 Å². The first-order chi connectivity index (χ1) is 7.21. The van der Waals surface area contributed by atoms with E-state index in [0.717, 1.165) is 25.7 Å². The summed E-state index contributed by atoms with van der Waals surface area (Å²) in [5, 5.41) is 0. The molecule has 0 aromatic heterocycles. The molecule has 0 saturated heterocycles. The Kier molecular flexibility index (Phi) is 10.6. The summed E-state index contributed by atoms with van der Waals surface area (Å²) in [6.45, 7) is 6.24. The van der Waals surface area contributed by atoms with Gasteiger partial charge in [-0.3, -0.25) is 0 Å². The molecule has 2 unspecified atom stereocenters. The van der Waals surface area contributed by atoms with Crippen molar-refractivity contribution in [1.29, 1.82) is 0 Å². The van der Waals surface area contributed by atoms with E-state index in [4.69, 9.17) is 34.8 Å². The lowest BCUT2D eigenvalue weighted by atomic mass is 9.77. The third kappa shape index (κ3) is 6.24. The second-order valence-electron chi connectivity index (χ2n) is 3.85. The van der Waals surface area contributed by atoms with Crippen molar-refractivity contribution in [3.8, 4) is 0 Å². The first kappa shape index (κ1) is 15.9. The van der Waals surface area contributed by atoms with Gasteiger partial charge in [0.05, 0.1) is 0 Å². The lowest BCUT2D eigenvalue weighted by Gasteiger charge is -2.29. The summed E-state index contributed by atoms with van der Waals surface area (Å²) in [4.78, 5) is 0. The van der Waals surface area contributed by atoms with Crippen molar-refractivity contribution in [1.82, 2.24) is 0 Å². The van der Waals surface area contributed by atoms with Crippen LogP contribution in [0.3, 0.4) is 0 Å². The molecule has 2 atom stereocenters. The van der Waals surface area contributed by atoms with Crippen LogP contribution in [0.5, 0.6) is 0 Å². The van der Waals surface area contributed by atoms with Gasteiger partial charge in [0.2, 0.25) is 0 Å². The van der Waals surface area contributed by atoms with Crippen LogP contribution in [0.25, 0.3) is 0 Å². The smallest absolute Gasteiger partial charge is 0.0229 e. The van der Waals surface area contributed by atoms with Gasteiger partial charge in [0.1, 0.15) is 0 Å². The van der Waals surface area contributed by atoms with Gasteiger partial charge in [-0.2, -0.15) is 0 Å². The third-order valence-corrected chi connectivity index (χ3v) is 3.63. The second-order valence-corrected chi connectivity index (χ2v) is 4.99. The van der Waals surface area contributed by atoms with Crippen LogP contribution in [-0.4, -0.2) is 17.6 Å². The van der Waals surface area contributed by atoms with E-state index in [-0.39, 0.29) is 0 Å². The van der Waals surface area contributed by atoms with Crippen molar-refractivity contribution in [2.45, 2.75) is 32.6 Å². The highest BCUT2D eigenvalue weighted by molar-refractivity contribution is 6.18. The molecule has 0 bridgehead atoms. The minimum atomic E-state index is 0.541. The summed E-state index contributed by atoms with van der Waals surface area (Å²) in [6.07, 6.45) is 3.89. The van der Waals surface area contributed by atoms with Crippen LogP contribution in [0, 0.1) is 24.7 Å². The lowest BCUT2D eigenvalue weighted by molar-refractivity contribution is 0.345. The monoisotopic (exact) mass is 270 g/mol. The third-order valence-electron chi connectivity index (χ3n) is 3.03. The van der Waals surface area contributed by atoms with Gasteiger partial charge in [0.15, 0.2) is 0 Å². The van der Waals surface area contributed by atoms with Crippen molar-refractivity contribution in [3.05, 3.63) is 12.8 Å². The largest absolute Gasteiger partial charge is 0.127 e. The van der Waals surface area contributed by atoms with Crippen molar-refractivity contribution < 1.29 is 0 Å². The highest BCUT2D eigenvalue weighted by Crippen LogP contribution is 2.33. The van der Waals surface area contributed by atoms with Crippen LogP contribution >= 0.6 is 34.8 Å². The molecule has 0 spiro atoms. The number of hydrogen-bond donors (Lipinski definition) is 0. The average molecular weight is 272 g/mol. The van der Waals surface area contributed by atoms with Crippen LogP contribution in [0.2, 0.25) is 0 Å².